The van der Waals surface area contributed by atoms with Crippen molar-refractivity contribution in [3.05, 3.63) is 22.2 Å². The third-order valence-corrected chi connectivity index (χ3v) is 3.60. The number of aryl methyl sites for hydroxylation is 1. The molecule has 0 aliphatic carbocycles. The Morgan fingerprint density at radius 1 is 1.60 bits per heavy atom. The Balaban J connectivity index is 2.41. The molecule has 0 aromatic carbocycles. The van der Waals surface area contributed by atoms with Gasteiger partial charge in [-0.1, -0.05) is 0 Å². The number of aliphatic hydroxyl groups excluding tert-OH is 1. The summed E-state index contributed by atoms with van der Waals surface area (Å²) in [4.78, 5) is 30.1. The van der Waals surface area contributed by atoms with Gasteiger partial charge in [0.05, 0.1) is 0 Å². The van der Waals surface area contributed by atoms with E-state index in [1.807, 2.05) is 11.8 Å². The highest BCUT2D eigenvalue weighted by molar-refractivity contribution is 5.92. The quantitative estimate of drug-likeness (QED) is 0.772. The Morgan fingerprint density at radius 2 is 2.35 bits per heavy atom. The SMILES string of the molecule is CCn1cc(C(=O)NC)nc(N2CC[C@@H](CO)C2)c1=O. The van der Waals surface area contributed by atoms with Gasteiger partial charge in [-0.25, -0.2) is 4.98 Å². The maximum atomic E-state index is 12.3. The van der Waals surface area contributed by atoms with Crippen LogP contribution >= 0.6 is 0 Å². The number of anilines is 1. The van der Waals surface area contributed by atoms with E-state index in [9.17, 15) is 14.7 Å². The van der Waals surface area contributed by atoms with Gasteiger partial charge in [0.2, 0.25) is 0 Å². The van der Waals surface area contributed by atoms with Crippen LogP contribution in [0.15, 0.2) is 11.0 Å². The van der Waals surface area contributed by atoms with Crippen LogP contribution in [-0.2, 0) is 6.54 Å². The van der Waals surface area contributed by atoms with Crippen LogP contribution in [0.5, 0.6) is 0 Å². The highest BCUT2D eigenvalue weighted by Gasteiger charge is 2.26. The Hall–Kier alpha value is -1.89. The van der Waals surface area contributed by atoms with Crippen molar-refractivity contribution >= 4 is 11.7 Å². The smallest absolute Gasteiger partial charge is 0.293 e. The summed E-state index contributed by atoms with van der Waals surface area (Å²) < 4.78 is 1.49. The molecule has 1 aromatic heterocycles. The van der Waals surface area contributed by atoms with Crippen LogP contribution in [0.3, 0.4) is 0 Å². The maximum absolute atomic E-state index is 12.3. The number of hydrogen-bond donors (Lipinski definition) is 2. The molecule has 2 rings (SSSR count). The van der Waals surface area contributed by atoms with Crippen molar-refractivity contribution in [2.45, 2.75) is 19.9 Å². The topological polar surface area (TPSA) is 87.5 Å². The molecule has 20 heavy (non-hydrogen) atoms. The van der Waals surface area contributed by atoms with Crippen molar-refractivity contribution in [2.75, 3.05) is 31.6 Å². The van der Waals surface area contributed by atoms with Gasteiger partial charge in [0.25, 0.3) is 11.5 Å². The molecule has 1 fully saturated rings. The van der Waals surface area contributed by atoms with Crippen molar-refractivity contribution in [1.82, 2.24) is 14.9 Å². The first-order valence-corrected chi connectivity index (χ1v) is 6.80. The van der Waals surface area contributed by atoms with Crippen LogP contribution in [-0.4, -0.2) is 47.3 Å². The van der Waals surface area contributed by atoms with E-state index in [2.05, 4.69) is 10.3 Å². The fourth-order valence-electron chi connectivity index (χ4n) is 2.38. The highest BCUT2D eigenvalue weighted by Crippen LogP contribution is 2.19. The number of hydrogen-bond acceptors (Lipinski definition) is 5. The first-order valence-electron chi connectivity index (χ1n) is 6.80. The molecule has 2 heterocycles. The summed E-state index contributed by atoms with van der Waals surface area (Å²) in [7, 11) is 1.53. The lowest BCUT2D eigenvalue weighted by Crippen LogP contribution is -2.34. The summed E-state index contributed by atoms with van der Waals surface area (Å²) in [5.41, 5.74) is 0.0372. The summed E-state index contributed by atoms with van der Waals surface area (Å²) in [6, 6.07) is 0. The summed E-state index contributed by atoms with van der Waals surface area (Å²) >= 11 is 0. The first kappa shape index (κ1) is 14.5. The molecule has 0 bridgehead atoms. The predicted molar refractivity (Wildman–Crippen MR) is 75.0 cm³/mol. The van der Waals surface area contributed by atoms with Gasteiger partial charge in [-0.15, -0.1) is 0 Å². The minimum absolute atomic E-state index is 0.105. The Labute approximate surface area is 117 Å². The third-order valence-electron chi connectivity index (χ3n) is 3.60. The monoisotopic (exact) mass is 280 g/mol. The second-order valence-corrected chi connectivity index (χ2v) is 4.90. The molecule has 7 nitrogen and oxygen atoms in total. The lowest BCUT2D eigenvalue weighted by atomic mass is 10.1. The molecule has 1 atom stereocenters. The number of aromatic nitrogens is 2. The number of nitrogens with one attached hydrogen (secondary N) is 1. The van der Waals surface area contributed by atoms with Crippen molar-refractivity contribution < 1.29 is 9.90 Å². The zero-order valence-electron chi connectivity index (χ0n) is 11.8. The fourth-order valence-corrected chi connectivity index (χ4v) is 2.38. The van der Waals surface area contributed by atoms with Gasteiger partial charge in [-0.2, -0.15) is 0 Å². The molecule has 1 saturated heterocycles. The molecular formula is C13H20N4O3. The average molecular weight is 280 g/mol. The number of rotatable bonds is 4. The second-order valence-electron chi connectivity index (χ2n) is 4.90. The minimum Gasteiger partial charge on any atom is -0.396 e. The van der Waals surface area contributed by atoms with Gasteiger partial charge in [0, 0.05) is 45.4 Å². The Kier molecular flexibility index (Phi) is 4.39. The van der Waals surface area contributed by atoms with Gasteiger partial charge in [0.1, 0.15) is 5.69 Å². The van der Waals surface area contributed by atoms with E-state index in [4.69, 9.17) is 0 Å². The summed E-state index contributed by atoms with van der Waals surface area (Å²) in [6.45, 7) is 3.70. The lowest BCUT2D eigenvalue weighted by molar-refractivity contribution is 0.0957. The van der Waals surface area contributed by atoms with E-state index in [0.717, 1.165) is 6.42 Å². The Bertz CT molecular complexity index is 555. The third kappa shape index (κ3) is 2.67. The van der Waals surface area contributed by atoms with Gasteiger partial charge in [-0.3, -0.25) is 9.59 Å². The van der Waals surface area contributed by atoms with Crippen LogP contribution < -0.4 is 15.8 Å². The standard InChI is InChI=1S/C13H20N4O3/c1-3-16-7-10(12(19)14-2)15-11(13(16)20)17-5-4-9(6-17)8-18/h7,9,18H,3-6,8H2,1-2H3,(H,14,19)/t9-/m1/s1. The second kappa shape index (κ2) is 6.04. The van der Waals surface area contributed by atoms with Crippen LogP contribution in [0.1, 0.15) is 23.8 Å². The van der Waals surface area contributed by atoms with Crippen molar-refractivity contribution in [3.63, 3.8) is 0 Å². The van der Waals surface area contributed by atoms with Crippen molar-refractivity contribution in [3.8, 4) is 0 Å². The molecule has 0 saturated carbocycles. The largest absolute Gasteiger partial charge is 0.396 e. The first-order chi connectivity index (χ1) is 9.60. The van der Waals surface area contributed by atoms with Crippen LogP contribution in [0.25, 0.3) is 0 Å². The Morgan fingerprint density at radius 3 is 2.90 bits per heavy atom. The molecule has 0 radical (unpaired) electrons. The molecule has 0 unspecified atom stereocenters. The number of carbonyl (C=O) groups is 1. The number of carbonyl (C=O) groups excluding carboxylic acids is 1. The molecule has 2 N–H and O–H groups in total. The molecule has 0 spiro atoms. The van der Waals surface area contributed by atoms with E-state index >= 15 is 0 Å². The molecule has 1 aliphatic rings. The number of aliphatic hydroxyl groups is 1. The van der Waals surface area contributed by atoms with Gasteiger partial charge < -0.3 is 19.9 Å². The zero-order valence-corrected chi connectivity index (χ0v) is 11.8. The van der Waals surface area contributed by atoms with Gasteiger partial charge in [0.15, 0.2) is 5.82 Å². The fraction of sp³-hybridized carbons (Fsp3) is 0.615. The molecule has 1 aliphatic heterocycles. The minimum atomic E-state index is -0.314. The van der Waals surface area contributed by atoms with E-state index in [1.165, 1.54) is 17.8 Å². The summed E-state index contributed by atoms with van der Waals surface area (Å²) in [6.07, 6.45) is 2.30. The number of nitrogens with zero attached hydrogens (tertiary/aromatic N) is 3. The lowest BCUT2D eigenvalue weighted by Gasteiger charge is -2.18. The van der Waals surface area contributed by atoms with E-state index in [1.54, 1.807) is 0 Å². The van der Waals surface area contributed by atoms with E-state index in [0.29, 0.717) is 25.5 Å². The van der Waals surface area contributed by atoms with Crippen LogP contribution in [0, 0.1) is 5.92 Å². The van der Waals surface area contributed by atoms with Crippen LogP contribution in [0.4, 0.5) is 5.82 Å². The van der Waals surface area contributed by atoms with E-state index < -0.39 is 0 Å². The zero-order chi connectivity index (χ0) is 14.7. The average Bonchev–Trinajstić information content (AvgIpc) is 2.95. The van der Waals surface area contributed by atoms with Crippen molar-refractivity contribution in [1.29, 1.82) is 0 Å². The van der Waals surface area contributed by atoms with Gasteiger partial charge in [-0.05, 0) is 13.3 Å². The number of amides is 1. The molecule has 1 amide bonds. The molecule has 1 aromatic rings. The highest BCUT2D eigenvalue weighted by atomic mass is 16.3. The summed E-state index contributed by atoms with van der Waals surface area (Å²) in [5.74, 6) is 0.144. The van der Waals surface area contributed by atoms with Crippen LogP contribution in [0.2, 0.25) is 0 Å². The molecular weight excluding hydrogens is 260 g/mol. The molecule has 7 heteroatoms. The summed E-state index contributed by atoms with van der Waals surface area (Å²) in [5, 5.41) is 11.7. The van der Waals surface area contributed by atoms with Gasteiger partial charge >= 0.3 is 0 Å². The van der Waals surface area contributed by atoms with Crippen molar-refractivity contribution in [2.24, 2.45) is 5.92 Å². The maximum Gasteiger partial charge on any atom is 0.293 e. The molecule has 110 valence electrons. The predicted octanol–water partition coefficient (Wildman–Crippen LogP) is -0.559. The van der Waals surface area contributed by atoms with E-state index in [-0.39, 0.29) is 29.7 Å². The normalized spacial score (nSPS) is 18.4.